The highest BCUT2D eigenvalue weighted by Gasteiger charge is 2.16. The van der Waals surface area contributed by atoms with Crippen LogP contribution in [-0.2, 0) is 14.3 Å². The van der Waals surface area contributed by atoms with Gasteiger partial charge in [-0.1, -0.05) is 25.1 Å². The highest BCUT2D eigenvalue weighted by molar-refractivity contribution is 7.85. The summed E-state index contributed by atoms with van der Waals surface area (Å²) >= 11 is 0. The molecule has 0 fully saturated rings. The fraction of sp³-hybridized carbons (Fsp3) is 0.500. The van der Waals surface area contributed by atoms with Crippen LogP contribution in [0.4, 0.5) is 0 Å². The van der Waals surface area contributed by atoms with Crippen LogP contribution >= 0.6 is 0 Å². The maximum absolute atomic E-state index is 11.0. The lowest BCUT2D eigenvalue weighted by atomic mass is 9.96. The van der Waals surface area contributed by atoms with Gasteiger partial charge in [-0.3, -0.25) is 4.18 Å². The third-order valence-corrected chi connectivity index (χ3v) is 3.12. The second-order valence-corrected chi connectivity index (χ2v) is 5.48. The predicted octanol–water partition coefficient (Wildman–Crippen LogP) is 2.17. The van der Waals surface area contributed by atoms with Crippen molar-refractivity contribution in [3.63, 3.8) is 0 Å². The number of hydrogen-bond acceptors (Lipinski definition) is 4. The topological polar surface area (TPSA) is 52.6 Å². The van der Waals surface area contributed by atoms with E-state index in [1.165, 1.54) is 0 Å². The molecule has 0 aliphatic heterocycles. The van der Waals surface area contributed by atoms with E-state index >= 15 is 0 Å². The van der Waals surface area contributed by atoms with Gasteiger partial charge in [-0.05, 0) is 18.1 Å². The van der Waals surface area contributed by atoms with Gasteiger partial charge in [-0.2, -0.15) is 8.42 Å². The van der Waals surface area contributed by atoms with E-state index in [-0.39, 0.29) is 12.5 Å². The summed E-state index contributed by atoms with van der Waals surface area (Å²) in [5.41, 5.74) is 0.973. The van der Waals surface area contributed by atoms with Crippen LogP contribution in [0, 0.1) is 0 Å². The molecule has 1 unspecified atom stereocenters. The van der Waals surface area contributed by atoms with Crippen molar-refractivity contribution in [1.29, 1.82) is 0 Å². The first-order chi connectivity index (χ1) is 7.98. The molecule has 1 atom stereocenters. The van der Waals surface area contributed by atoms with E-state index in [0.29, 0.717) is 0 Å². The van der Waals surface area contributed by atoms with Crippen LogP contribution in [0.1, 0.15) is 24.8 Å². The van der Waals surface area contributed by atoms with E-state index in [0.717, 1.165) is 24.0 Å². The van der Waals surface area contributed by atoms with Gasteiger partial charge in [0, 0.05) is 5.92 Å². The molecular weight excluding hydrogens is 240 g/mol. The lowest BCUT2D eigenvalue weighted by molar-refractivity contribution is 0.287. The zero-order valence-corrected chi connectivity index (χ0v) is 11.2. The Hall–Kier alpha value is -1.07. The fourth-order valence-electron chi connectivity index (χ4n) is 1.64. The molecule has 0 aliphatic rings. The minimum absolute atomic E-state index is 0.0147. The number of para-hydroxylation sites is 1. The molecule has 0 bridgehead atoms. The highest BCUT2D eigenvalue weighted by atomic mass is 32.2. The standard InChI is InChI=1S/C12H18O4S/c1-4-10(9-16-17(3,13)14)11-7-5-6-8-12(11)15-2/h5-8,10H,4,9H2,1-3H3. The fourth-order valence-corrected chi connectivity index (χ4v) is 2.05. The van der Waals surface area contributed by atoms with Crippen LogP contribution in [0.15, 0.2) is 24.3 Å². The SMILES string of the molecule is CCC(COS(C)(=O)=O)c1ccccc1OC. The largest absolute Gasteiger partial charge is 0.496 e. The average molecular weight is 258 g/mol. The molecule has 0 N–H and O–H groups in total. The van der Waals surface area contributed by atoms with E-state index in [9.17, 15) is 8.42 Å². The number of methoxy groups -OCH3 is 1. The predicted molar refractivity (Wildman–Crippen MR) is 66.8 cm³/mol. The monoisotopic (exact) mass is 258 g/mol. The molecule has 4 nitrogen and oxygen atoms in total. The molecule has 0 saturated heterocycles. The molecular formula is C12H18O4S. The Morgan fingerprint density at radius 1 is 1.29 bits per heavy atom. The minimum atomic E-state index is -3.40. The lowest BCUT2D eigenvalue weighted by Crippen LogP contribution is -2.12. The lowest BCUT2D eigenvalue weighted by Gasteiger charge is -2.17. The van der Waals surface area contributed by atoms with E-state index in [2.05, 4.69) is 0 Å². The molecule has 0 spiro atoms. The summed E-state index contributed by atoms with van der Waals surface area (Å²) in [4.78, 5) is 0. The van der Waals surface area contributed by atoms with Gasteiger partial charge in [0.05, 0.1) is 20.0 Å². The molecule has 0 amide bonds. The zero-order valence-electron chi connectivity index (χ0n) is 10.3. The van der Waals surface area contributed by atoms with Crippen molar-refractivity contribution in [2.24, 2.45) is 0 Å². The van der Waals surface area contributed by atoms with Crippen molar-refractivity contribution in [2.45, 2.75) is 19.3 Å². The summed E-state index contributed by atoms with van der Waals surface area (Å²) in [5.74, 6) is 0.775. The van der Waals surface area contributed by atoms with Gasteiger partial charge in [0.1, 0.15) is 5.75 Å². The first-order valence-electron chi connectivity index (χ1n) is 5.45. The first-order valence-corrected chi connectivity index (χ1v) is 7.27. The van der Waals surface area contributed by atoms with Crippen molar-refractivity contribution in [3.8, 4) is 5.75 Å². The molecule has 17 heavy (non-hydrogen) atoms. The molecule has 0 radical (unpaired) electrons. The van der Waals surface area contributed by atoms with Crippen LogP contribution in [-0.4, -0.2) is 28.4 Å². The third kappa shape index (κ3) is 4.36. The van der Waals surface area contributed by atoms with Crippen LogP contribution < -0.4 is 4.74 Å². The molecule has 0 heterocycles. The minimum Gasteiger partial charge on any atom is -0.496 e. The Bertz CT molecular complexity index is 453. The molecule has 1 rings (SSSR count). The van der Waals surface area contributed by atoms with Crippen molar-refractivity contribution in [3.05, 3.63) is 29.8 Å². The van der Waals surface area contributed by atoms with Crippen LogP contribution in [0.5, 0.6) is 5.75 Å². The van der Waals surface area contributed by atoms with E-state index in [1.54, 1.807) is 7.11 Å². The normalized spacial score (nSPS) is 13.4. The van der Waals surface area contributed by atoms with E-state index < -0.39 is 10.1 Å². The summed E-state index contributed by atoms with van der Waals surface area (Å²) in [6, 6.07) is 7.57. The number of rotatable bonds is 6. The Kier molecular flexibility index (Phi) is 4.96. The molecule has 5 heteroatoms. The third-order valence-electron chi connectivity index (χ3n) is 2.55. The van der Waals surface area contributed by atoms with Crippen LogP contribution in [0.25, 0.3) is 0 Å². The molecule has 96 valence electrons. The summed E-state index contributed by atoms with van der Waals surface area (Å²) in [7, 11) is -1.80. The Morgan fingerprint density at radius 2 is 1.94 bits per heavy atom. The quantitative estimate of drug-likeness (QED) is 0.734. The first kappa shape index (κ1) is 14.0. The second kappa shape index (κ2) is 6.02. The van der Waals surface area contributed by atoms with Gasteiger partial charge in [-0.25, -0.2) is 0 Å². The van der Waals surface area contributed by atoms with Gasteiger partial charge in [-0.15, -0.1) is 0 Å². The number of benzene rings is 1. The maximum atomic E-state index is 11.0. The Morgan fingerprint density at radius 3 is 2.47 bits per heavy atom. The van der Waals surface area contributed by atoms with Gasteiger partial charge >= 0.3 is 0 Å². The molecule has 0 aromatic heterocycles. The smallest absolute Gasteiger partial charge is 0.264 e. The van der Waals surface area contributed by atoms with Gasteiger partial charge in [0.15, 0.2) is 0 Å². The highest BCUT2D eigenvalue weighted by Crippen LogP contribution is 2.29. The Labute approximate surface area is 103 Å². The van der Waals surface area contributed by atoms with Crippen LogP contribution in [0.3, 0.4) is 0 Å². The summed E-state index contributed by atoms with van der Waals surface area (Å²) in [5, 5.41) is 0. The van der Waals surface area contributed by atoms with Crippen molar-refractivity contribution >= 4 is 10.1 Å². The summed E-state index contributed by atoms with van der Waals surface area (Å²) < 4.78 is 32.1. The number of hydrogen-bond donors (Lipinski definition) is 0. The molecule has 1 aromatic rings. The van der Waals surface area contributed by atoms with E-state index in [1.807, 2.05) is 31.2 Å². The van der Waals surface area contributed by atoms with Gasteiger partial charge < -0.3 is 4.74 Å². The zero-order chi connectivity index (χ0) is 12.9. The maximum Gasteiger partial charge on any atom is 0.264 e. The van der Waals surface area contributed by atoms with Gasteiger partial charge in [0.2, 0.25) is 0 Å². The second-order valence-electron chi connectivity index (χ2n) is 3.84. The number of ether oxygens (including phenoxy) is 1. The molecule has 0 aliphatic carbocycles. The summed E-state index contributed by atoms with van der Waals surface area (Å²) in [6.07, 6.45) is 1.85. The van der Waals surface area contributed by atoms with Crippen LogP contribution in [0.2, 0.25) is 0 Å². The van der Waals surface area contributed by atoms with Crippen molar-refractivity contribution < 1.29 is 17.3 Å². The Balaban J connectivity index is 2.86. The molecule has 0 saturated carbocycles. The summed E-state index contributed by atoms with van der Waals surface area (Å²) in [6.45, 7) is 2.14. The molecule has 1 aromatic carbocycles. The van der Waals surface area contributed by atoms with Crippen molar-refractivity contribution in [2.75, 3.05) is 20.0 Å². The van der Waals surface area contributed by atoms with E-state index in [4.69, 9.17) is 8.92 Å². The van der Waals surface area contributed by atoms with Gasteiger partial charge in [0.25, 0.3) is 10.1 Å². The average Bonchev–Trinajstić information content (AvgIpc) is 2.29. The van der Waals surface area contributed by atoms with Crippen molar-refractivity contribution in [1.82, 2.24) is 0 Å².